The largest absolute Gasteiger partial charge is 0.462 e. The predicted molar refractivity (Wildman–Crippen MR) is 102 cm³/mol. The third-order valence-electron chi connectivity index (χ3n) is 3.67. The highest BCUT2D eigenvalue weighted by atomic mass is 16.5. The Morgan fingerprint density at radius 1 is 0.654 bits per heavy atom. The van der Waals surface area contributed by atoms with Gasteiger partial charge in [0.05, 0.1) is 24.3 Å². The van der Waals surface area contributed by atoms with Crippen LogP contribution in [0.4, 0.5) is 0 Å². The molecule has 2 aromatic carbocycles. The molecule has 0 heterocycles. The monoisotopic (exact) mass is 354 g/mol. The van der Waals surface area contributed by atoms with Gasteiger partial charge < -0.3 is 9.47 Å². The Kier molecular flexibility index (Phi) is 6.96. The zero-order valence-corrected chi connectivity index (χ0v) is 15.8. The number of esters is 2. The zero-order chi connectivity index (χ0) is 19.1. The maximum atomic E-state index is 12.0. The van der Waals surface area contributed by atoms with Crippen molar-refractivity contribution in [1.82, 2.24) is 0 Å². The second-order valence-corrected chi connectivity index (χ2v) is 7.14. The lowest BCUT2D eigenvalue weighted by molar-refractivity contribution is 0.0450. The van der Waals surface area contributed by atoms with Gasteiger partial charge in [0.1, 0.15) is 0 Å². The Morgan fingerprint density at radius 3 is 1.23 bits per heavy atom. The Morgan fingerprint density at radius 2 is 0.962 bits per heavy atom. The topological polar surface area (TPSA) is 52.6 Å². The van der Waals surface area contributed by atoms with Gasteiger partial charge in [-0.05, 0) is 47.2 Å². The van der Waals surface area contributed by atoms with Gasteiger partial charge in [-0.3, -0.25) is 0 Å². The molecule has 2 rings (SSSR count). The van der Waals surface area contributed by atoms with Gasteiger partial charge in [0, 0.05) is 0 Å². The quantitative estimate of drug-likeness (QED) is 0.658. The molecule has 4 nitrogen and oxygen atoms in total. The number of carbonyl (C=O) groups excluding carboxylic acids is 2. The highest BCUT2D eigenvalue weighted by Crippen LogP contribution is 2.21. The van der Waals surface area contributed by atoms with E-state index in [1.54, 1.807) is 24.3 Å². The standard InChI is InChI=1S/C22H26O4/c1-15(2)13-25-21(23)19-9-5-17(6-10-19)18-7-11-20(12-8-18)22(24)26-14-16(3)4/h5-12,15-16H,13-14H2,1-4H3. The van der Waals surface area contributed by atoms with Crippen molar-refractivity contribution < 1.29 is 19.1 Å². The first kappa shape index (κ1) is 19.7. The molecule has 2 aromatic rings. The smallest absolute Gasteiger partial charge is 0.338 e. The summed E-state index contributed by atoms with van der Waals surface area (Å²) in [5, 5.41) is 0. The van der Waals surface area contributed by atoms with E-state index in [1.165, 1.54) is 0 Å². The van der Waals surface area contributed by atoms with Crippen LogP contribution in [0.3, 0.4) is 0 Å². The van der Waals surface area contributed by atoms with Crippen LogP contribution < -0.4 is 0 Å². The third-order valence-corrected chi connectivity index (χ3v) is 3.67. The molecule has 0 saturated heterocycles. The van der Waals surface area contributed by atoms with Gasteiger partial charge in [-0.25, -0.2) is 9.59 Å². The highest BCUT2D eigenvalue weighted by molar-refractivity contribution is 5.91. The molecule has 0 spiro atoms. The van der Waals surface area contributed by atoms with Crippen LogP contribution in [0.15, 0.2) is 48.5 Å². The fourth-order valence-electron chi connectivity index (χ4n) is 2.25. The van der Waals surface area contributed by atoms with Crippen molar-refractivity contribution in [2.45, 2.75) is 27.7 Å². The molecule has 0 aliphatic rings. The highest BCUT2D eigenvalue weighted by Gasteiger charge is 2.10. The fourth-order valence-corrected chi connectivity index (χ4v) is 2.25. The molecule has 0 amide bonds. The van der Waals surface area contributed by atoms with Crippen LogP contribution in [0.1, 0.15) is 48.4 Å². The van der Waals surface area contributed by atoms with Crippen molar-refractivity contribution in [3.05, 3.63) is 59.7 Å². The number of rotatable bonds is 7. The number of hydrogen-bond acceptors (Lipinski definition) is 4. The van der Waals surface area contributed by atoms with Crippen LogP contribution in [0.25, 0.3) is 11.1 Å². The first-order valence-electron chi connectivity index (χ1n) is 8.91. The zero-order valence-electron chi connectivity index (χ0n) is 15.8. The summed E-state index contributed by atoms with van der Waals surface area (Å²) in [6.07, 6.45) is 0. The van der Waals surface area contributed by atoms with E-state index in [9.17, 15) is 9.59 Å². The van der Waals surface area contributed by atoms with E-state index in [1.807, 2.05) is 52.0 Å². The summed E-state index contributed by atoms with van der Waals surface area (Å²) in [7, 11) is 0. The molecule has 26 heavy (non-hydrogen) atoms. The molecule has 0 aliphatic heterocycles. The summed E-state index contributed by atoms with van der Waals surface area (Å²) in [6, 6.07) is 14.5. The number of carbonyl (C=O) groups is 2. The predicted octanol–water partition coefficient (Wildman–Crippen LogP) is 4.98. The van der Waals surface area contributed by atoms with Crippen molar-refractivity contribution >= 4 is 11.9 Å². The summed E-state index contributed by atoms with van der Waals surface area (Å²) in [5.41, 5.74) is 2.99. The first-order valence-corrected chi connectivity index (χ1v) is 8.91. The molecule has 0 atom stereocenters. The van der Waals surface area contributed by atoms with Crippen LogP contribution in [0, 0.1) is 11.8 Å². The Hall–Kier alpha value is -2.62. The Bertz CT molecular complexity index is 662. The molecule has 0 aromatic heterocycles. The van der Waals surface area contributed by atoms with E-state index in [2.05, 4.69) is 0 Å². The number of ether oxygens (including phenoxy) is 2. The van der Waals surface area contributed by atoms with Gasteiger partial charge in [-0.2, -0.15) is 0 Å². The minimum atomic E-state index is -0.312. The maximum Gasteiger partial charge on any atom is 0.338 e. The van der Waals surface area contributed by atoms with Crippen LogP contribution in [0.5, 0.6) is 0 Å². The summed E-state index contributed by atoms with van der Waals surface area (Å²) in [4.78, 5) is 23.9. The van der Waals surface area contributed by atoms with Crippen molar-refractivity contribution in [1.29, 1.82) is 0 Å². The second-order valence-electron chi connectivity index (χ2n) is 7.14. The minimum Gasteiger partial charge on any atom is -0.462 e. The molecular formula is C22H26O4. The van der Waals surface area contributed by atoms with Crippen LogP contribution >= 0.6 is 0 Å². The maximum absolute atomic E-state index is 12.0. The molecule has 138 valence electrons. The molecule has 0 fully saturated rings. The molecule has 0 bridgehead atoms. The molecule has 0 aliphatic carbocycles. The van der Waals surface area contributed by atoms with E-state index in [-0.39, 0.29) is 11.9 Å². The third kappa shape index (κ3) is 5.73. The lowest BCUT2D eigenvalue weighted by Crippen LogP contribution is -2.10. The summed E-state index contributed by atoms with van der Waals surface area (Å²) < 4.78 is 10.5. The lowest BCUT2D eigenvalue weighted by atomic mass is 10.0. The van der Waals surface area contributed by atoms with Gasteiger partial charge in [0.25, 0.3) is 0 Å². The SMILES string of the molecule is CC(C)COC(=O)c1ccc(-c2ccc(C(=O)OCC(C)C)cc2)cc1. The van der Waals surface area contributed by atoms with Crippen molar-refractivity contribution in [2.24, 2.45) is 11.8 Å². The van der Waals surface area contributed by atoms with E-state index in [4.69, 9.17) is 9.47 Å². The van der Waals surface area contributed by atoms with Gasteiger partial charge in [-0.1, -0.05) is 52.0 Å². The van der Waals surface area contributed by atoms with Crippen molar-refractivity contribution in [3.8, 4) is 11.1 Å². The van der Waals surface area contributed by atoms with Crippen LogP contribution in [-0.2, 0) is 9.47 Å². The first-order chi connectivity index (χ1) is 12.4. The van der Waals surface area contributed by atoms with Crippen LogP contribution in [0.2, 0.25) is 0 Å². The fraction of sp³-hybridized carbons (Fsp3) is 0.364. The van der Waals surface area contributed by atoms with Gasteiger partial charge >= 0.3 is 11.9 Å². The van der Waals surface area contributed by atoms with E-state index in [0.717, 1.165) is 11.1 Å². The second kappa shape index (κ2) is 9.18. The number of benzene rings is 2. The van der Waals surface area contributed by atoms with Gasteiger partial charge in [-0.15, -0.1) is 0 Å². The summed E-state index contributed by atoms with van der Waals surface area (Å²) in [6.45, 7) is 8.82. The molecule has 0 radical (unpaired) electrons. The Labute approximate surface area is 155 Å². The summed E-state index contributed by atoms with van der Waals surface area (Å²) >= 11 is 0. The molecule has 0 N–H and O–H groups in total. The molecular weight excluding hydrogens is 328 g/mol. The van der Waals surface area contributed by atoms with Crippen LogP contribution in [-0.4, -0.2) is 25.2 Å². The van der Waals surface area contributed by atoms with Crippen molar-refractivity contribution in [2.75, 3.05) is 13.2 Å². The number of hydrogen-bond donors (Lipinski definition) is 0. The Balaban J connectivity index is 2.02. The van der Waals surface area contributed by atoms with Gasteiger partial charge in [0.15, 0.2) is 0 Å². The molecule has 4 heteroatoms. The minimum absolute atomic E-state index is 0.309. The van der Waals surface area contributed by atoms with E-state index < -0.39 is 0 Å². The summed E-state index contributed by atoms with van der Waals surface area (Å²) in [5.74, 6) is -0.00470. The normalized spacial score (nSPS) is 10.8. The molecule has 0 saturated carbocycles. The van der Waals surface area contributed by atoms with E-state index >= 15 is 0 Å². The lowest BCUT2D eigenvalue weighted by Gasteiger charge is -2.09. The average molecular weight is 354 g/mol. The molecule has 0 unspecified atom stereocenters. The van der Waals surface area contributed by atoms with E-state index in [0.29, 0.717) is 36.2 Å². The average Bonchev–Trinajstić information content (AvgIpc) is 2.64. The van der Waals surface area contributed by atoms with Crippen molar-refractivity contribution in [3.63, 3.8) is 0 Å². The van der Waals surface area contributed by atoms with Gasteiger partial charge in [0.2, 0.25) is 0 Å².